The van der Waals surface area contributed by atoms with E-state index in [1.807, 2.05) is 23.8 Å². The number of hydrogen-bond donors (Lipinski definition) is 3. The third-order valence-corrected chi connectivity index (χ3v) is 6.55. The van der Waals surface area contributed by atoms with Gasteiger partial charge >= 0.3 is 5.97 Å². The summed E-state index contributed by atoms with van der Waals surface area (Å²) >= 11 is 2.49. The van der Waals surface area contributed by atoms with E-state index in [9.17, 15) is 20.1 Å². The van der Waals surface area contributed by atoms with Crippen LogP contribution < -0.4 is 11.1 Å². The van der Waals surface area contributed by atoms with E-state index >= 15 is 0 Å². The lowest BCUT2D eigenvalue weighted by Gasteiger charge is -2.17. The van der Waals surface area contributed by atoms with Crippen LogP contribution in [0.3, 0.4) is 0 Å². The molecule has 3 aromatic rings. The van der Waals surface area contributed by atoms with Gasteiger partial charge < -0.3 is 16.2 Å². The number of thiophene rings is 1. The van der Waals surface area contributed by atoms with Crippen molar-refractivity contribution >= 4 is 46.5 Å². The number of rotatable bonds is 7. The maximum atomic E-state index is 12.9. The highest BCUT2D eigenvalue weighted by Crippen LogP contribution is 2.38. The Kier molecular flexibility index (Phi) is 7.11. The minimum Gasteiger partial charge on any atom is -0.478 e. The molecule has 2 heterocycles. The lowest BCUT2D eigenvalue weighted by atomic mass is 9.99. The van der Waals surface area contributed by atoms with Crippen LogP contribution in [0, 0.1) is 22.7 Å². The molecule has 0 saturated heterocycles. The summed E-state index contributed by atoms with van der Waals surface area (Å²) in [4.78, 5) is 28.3. The Bertz CT molecular complexity index is 1260. The first kappa shape index (κ1) is 22.8. The Hall–Kier alpha value is -3.86. The number of aromatic nitrogens is 1. The van der Waals surface area contributed by atoms with Gasteiger partial charge in [0.15, 0.2) is 0 Å². The number of carboxylic acids is 1. The van der Waals surface area contributed by atoms with E-state index < -0.39 is 11.2 Å². The van der Waals surface area contributed by atoms with Crippen LogP contribution >= 0.6 is 23.1 Å². The molecule has 160 valence electrons. The number of carboxylic acid groups (broad SMARTS) is 1. The highest BCUT2D eigenvalue weighted by atomic mass is 32.2. The first-order valence-electron chi connectivity index (χ1n) is 9.36. The normalized spacial score (nSPS) is 11.2. The molecule has 0 radical (unpaired) electrons. The number of anilines is 2. The molecular formula is C22H17N5O3S2. The van der Waals surface area contributed by atoms with Crippen LogP contribution in [0.2, 0.25) is 0 Å². The van der Waals surface area contributed by atoms with E-state index in [1.54, 1.807) is 12.1 Å². The van der Waals surface area contributed by atoms with Gasteiger partial charge in [-0.2, -0.15) is 21.9 Å². The Balaban J connectivity index is 1.95. The van der Waals surface area contributed by atoms with Gasteiger partial charge in [-0.05, 0) is 47.0 Å². The fourth-order valence-corrected chi connectivity index (χ4v) is 4.65. The third kappa shape index (κ3) is 4.72. The van der Waals surface area contributed by atoms with Crippen LogP contribution in [0.25, 0.3) is 11.1 Å². The van der Waals surface area contributed by atoms with Crippen molar-refractivity contribution in [1.29, 1.82) is 10.5 Å². The van der Waals surface area contributed by atoms with Crippen molar-refractivity contribution in [3.05, 3.63) is 57.8 Å². The second kappa shape index (κ2) is 9.96. The van der Waals surface area contributed by atoms with Crippen LogP contribution in [0.4, 0.5) is 11.5 Å². The van der Waals surface area contributed by atoms with Crippen molar-refractivity contribution in [3.8, 4) is 23.3 Å². The van der Waals surface area contributed by atoms with Crippen LogP contribution in [0.5, 0.6) is 0 Å². The average molecular weight is 464 g/mol. The minimum absolute atomic E-state index is 0.0142. The van der Waals surface area contributed by atoms with Gasteiger partial charge in [0, 0.05) is 11.3 Å². The molecule has 8 nitrogen and oxygen atoms in total. The molecule has 0 aliphatic rings. The fourth-order valence-electron chi connectivity index (χ4n) is 2.99. The Labute approximate surface area is 192 Å². The number of pyridine rings is 1. The molecule has 0 bridgehead atoms. The van der Waals surface area contributed by atoms with Crippen LogP contribution in [0.1, 0.15) is 34.8 Å². The van der Waals surface area contributed by atoms with Crippen LogP contribution in [-0.2, 0) is 4.79 Å². The molecular weight excluding hydrogens is 446 g/mol. The number of amides is 1. The predicted molar refractivity (Wildman–Crippen MR) is 123 cm³/mol. The number of hydrogen-bond acceptors (Lipinski definition) is 8. The molecule has 0 aliphatic heterocycles. The van der Waals surface area contributed by atoms with Crippen molar-refractivity contribution in [2.45, 2.75) is 23.6 Å². The molecule has 1 atom stereocenters. The number of aromatic carboxylic acids is 1. The summed E-state index contributed by atoms with van der Waals surface area (Å²) in [5, 5.41) is 34.5. The zero-order chi connectivity index (χ0) is 23.3. The van der Waals surface area contributed by atoms with Gasteiger partial charge in [0.05, 0.1) is 16.4 Å². The molecule has 0 fully saturated rings. The van der Waals surface area contributed by atoms with Gasteiger partial charge in [0.2, 0.25) is 5.91 Å². The van der Waals surface area contributed by atoms with Crippen molar-refractivity contribution in [3.63, 3.8) is 0 Å². The van der Waals surface area contributed by atoms with Gasteiger partial charge in [-0.3, -0.25) is 4.79 Å². The number of nitrogens with zero attached hydrogens (tertiary/aromatic N) is 3. The second-order valence-corrected chi connectivity index (χ2v) is 8.52. The van der Waals surface area contributed by atoms with Crippen molar-refractivity contribution in [2.75, 3.05) is 11.1 Å². The van der Waals surface area contributed by atoms with Crippen molar-refractivity contribution < 1.29 is 14.7 Å². The van der Waals surface area contributed by atoms with E-state index in [-0.39, 0.29) is 33.4 Å². The fraction of sp³-hybridized carbons (Fsp3) is 0.136. The summed E-state index contributed by atoms with van der Waals surface area (Å²) in [7, 11) is 0. The summed E-state index contributed by atoms with van der Waals surface area (Å²) < 4.78 is 0. The topological polar surface area (TPSA) is 153 Å². The van der Waals surface area contributed by atoms with Crippen molar-refractivity contribution in [1.82, 2.24) is 4.98 Å². The molecule has 1 unspecified atom stereocenters. The number of carbonyl (C=O) groups excluding carboxylic acids is 1. The molecule has 3 rings (SSSR count). The molecule has 0 aliphatic carbocycles. The highest BCUT2D eigenvalue weighted by Gasteiger charge is 2.25. The van der Waals surface area contributed by atoms with E-state index in [0.29, 0.717) is 23.2 Å². The molecule has 2 aromatic heterocycles. The van der Waals surface area contributed by atoms with Gasteiger partial charge in [-0.25, -0.2) is 9.78 Å². The minimum atomic E-state index is -1.10. The molecule has 0 saturated carbocycles. The van der Waals surface area contributed by atoms with Gasteiger partial charge in [-0.1, -0.05) is 24.8 Å². The molecule has 32 heavy (non-hydrogen) atoms. The Morgan fingerprint density at radius 1 is 1.28 bits per heavy atom. The average Bonchev–Trinajstić information content (AvgIpc) is 3.31. The first-order chi connectivity index (χ1) is 15.4. The third-order valence-electron chi connectivity index (χ3n) is 4.52. The number of carbonyl (C=O) groups is 2. The van der Waals surface area contributed by atoms with E-state index in [2.05, 4.69) is 16.4 Å². The summed E-state index contributed by atoms with van der Waals surface area (Å²) in [5.74, 6) is -1.48. The Morgan fingerprint density at radius 3 is 2.62 bits per heavy atom. The predicted octanol–water partition coefficient (Wildman–Crippen LogP) is 4.34. The standard InChI is InChI=1S/C22H17N5O3S2/c1-2-17(20(28)26-14-5-3-4-12(8-14)22(29)30)32-21-16(10-24)18(13-6-7-31-11-13)15(9-23)19(25)27-21/h3-8,11,17H,2H2,1H3,(H2,25,27)(H,26,28)(H,29,30). The number of nitrogen functional groups attached to an aromatic ring is 1. The summed E-state index contributed by atoms with van der Waals surface area (Å²) in [6.45, 7) is 1.81. The van der Waals surface area contributed by atoms with E-state index in [4.69, 9.17) is 10.8 Å². The smallest absolute Gasteiger partial charge is 0.335 e. The van der Waals surface area contributed by atoms with Gasteiger partial charge in [-0.15, -0.1) is 0 Å². The van der Waals surface area contributed by atoms with Crippen molar-refractivity contribution in [2.24, 2.45) is 0 Å². The SMILES string of the molecule is CCC(Sc1nc(N)c(C#N)c(-c2ccsc2)c1C#N)C(=O)Nc1cccc(C(=O)O)c1. The lowest BCUT2D eigenvalue weighted by molar-refractivity contribution is -0.115. The zero-order valence-corrected chi connectivity index (χ0v) is 18.5. The Morgan fingerprint density at radius 2 is 2.03 bits per heavy atom. The number of nitrogens with two attached hydrogens (primary N) is 1. The van der Waals surface area contributed by atoms with Crippen LogP contribution in [0.15, 0.2) is 46.1 Å². The van der Waals surface area contributed by atoms with E-state index in [1.165, 1.54) is 29.5 Å². The number of benzene rings is 1. The molecule has 10 heteroatoms. The molecule has 0 spiro atoms. The number of nitriles is 2. The molecule has 1 aromatic carbocycles. The van der Waals surface area contributed by atoms with Gasteiger partial charge in [0.1, 0.15) is 28.5 Å². The number of nitrogens with one attached hydrogen (secondary N) is 1. The zero-order valence-electron chi connectivity index (χ0n) is 16.8. The quantitative estimate of drug-likeness (QED) is 0.437. The van der Waals surface area contributed by atoms with Crippen LogP contribution in [-0.4, -0.2) is 27.2 Å². The molecule has 4 N–H and O–H groups in total. The largest absolute Gasteiger partial charge is 0.478 e. The second-order valence-electron chi connectivity index (χ2n) is 6.55. The maximum absolute atomic E-state index is 12.9. The highest BCUT2D eigenvalue weighted by molar-refractivity contribution is 8.00. The van der Waals surface area contributed by atoms with E-state index in [0.717, 1.165) is 11.8 Å². The van der Waals surface area contributed by atoms with Gasteiger partial charge in [0.25, 0.3) is 0 Å². The summed E-state index contributed by atoms with van der Waals surface area (Å²) in [6.07, 6.45) is 0.412. The maximum Gasteiger partial charge on any atom is 0.335 e. The first-order valence-corrected chi connectivity index (χ1v) is 11.2. The number of thioether (sulfide) groups is 1. The lowest BCUT2D eigenvalue weighted by Crippen LogP contribution is -2.25. The summed E-state index contributed by atoms with van der Waals surface area (Å²) in [6, 6.07) is 11.8. The summed E-state index contributed by atoms with van der Waals surface area (Å²) in [5.41, 5.74) is 7.79. The monoisotopic (exact) mass is 463 g/mol. The molecule has 1 amide bonds.